The average Bonchev–Trinajstić information content (AvgIpc) is 2.79. The molecule has 0 aliphatic carbocycles. The monoisotopic (exact) mass is 430 g/mol. The minimum absolute atomic E-state index is 0.113. The Morgan fingerprint density at radius 3 is 2.34 bits per heavy atom. The largest absolute Gasteiger partial charge is 0.490 e. The third-order valence-corrected chi connectivity index (χ3v) is 5.29. The Morgan fingerprint density at radius 2 is 1.59 bits per heavy atom. The van der Waals surface area contributed by atoms with E-state index in [-0.39, 0.29) is 17.9 Å². The van der Waals surface area contributed by atoms with Crippen molar-refractivity contribution in [3.63, 3.8) is 0 Å². The van der Waals surface area contributed by atoms with Crippen molar-refractivity contribution >= 4 is 17.5 Å². The van der Waals surface area contributed by atoms with Gasteiger partial charge < -0.3 is 19.7 Å². The van der Waals surface area contributed by atoms with Crippen LogP contribution in [0.3, 0.4) is 0 Å². The molecule has 0 saturated heterocycles. The van der Waals surface area contributed by atoms with Crippen LogP contribution in [0.4, 0.5) is 5.69 Å². The molecule has 2 amide bonds. The number of ether oxygens (including phenoxy) is 2. The first kappa shape index (κ1) is 21.4. The van der Waals surface area contributed by atoms with Crippen LogP contribution in [0.5, 0.6) is 17.2 Å². The number of rotatable bonds is 6. The molecule has 0 fully saturated rings. The van der Waals surface area contributed by atoms with E-state index in [1.54, 1.807) is 17.0 Å². The van der Waals surface area contributed by atoms with Crippen LogP contribution >= 0.6 is 0 Å². The fraction of sp³-hybridized carbons (Fsp3) is 0.231. The summed E-state index contributed by atoms with van der Waals surface area (Å²) in [5.74, 6) is 1.31. The van der Waals surface area contributed by atoms with Crippen molar-refractivity contribution in [2.24, 2.45) is 0 Å². The van der Waals surface area contributed by atoms with Gasteiger partial charge in [-0.1, -0.05) is 42.5 Å². The zero-order valence-electron chi connectivity index (χ0n) is 18.2. The highest BCUT2D eigenvalue weighted by Crippen LogP contribution is 2.35. The molecule has 1 aliphatic heterocycles. The first-order chi connectivity index (χ1) is 15.6. The lowest BCUT2D eigenvalue weighted by atomic mass is 9.97. The topological polar surface area (TPSA) is 67.9 Å². The van der Waals surface area contributed by atoms with Gasteiger partial charge in [0.05, 0.1) is 18.2 Å². The molecule has 3 aromatic carbocycles. The molecule has 1 heterocycles. The second-order valence-electron chi connectivity index (χ2n) is 7.62. The Kier molecular flexibility index (Phi) is 6.40. The quantitative estimate of drug-likeness (QED) is 0.621. The van der Waals surface area contributed by atoms with Gasteiger partial charge in [-0.15, -0.1) is 0 Å². The summed E-state index contributed by atoms with van der Waals surface area (Å²) in [4.78, 5) is 27.1. The highest BCUT2D eigenvalue weighted by Gasteiger charge is 2.30. The van der Waals surface area contributed by atoms with Gasteiger partial charge in [-0.05, 0) is 49.2 Å². The van der Waals surface area contributed by atoms with Gasteiger partial charge >= 0.3 is 0 Å². The van der Waals surface area contributed by atoms with Crippen LogP contribution in [0.15, 0.2) is 72.8 Å². The molecule has 1 unspecified atom stereocenters. The van der Waals surface area contributed by atoms with Crippen molar-refractivity contribution in [3.8, 4) is 17.2 Å². The second-order valence-corrected chi connectivity index (χ2v) is 7.62. The minimum Gasteiger partial charge on any atom is -0.490 e. The van der Waals surface area contributed by atoms with Crippen molar-refractivity contribution in [1.82, 2.24) is 5.32 Å². The van der Waals surface area contributed by atoms with Crippen LogP contribution in [0.1, 0.15) is 29.8 Å². The van der Waals surface area contributed by atoms with Gasteiger partial charge in [0.1, 0.15) is 5.75 Å². The molecule has 0 saturated carbocycles. The number of hydrogen-bond donors (Lipinski definition) is 1. The van der Waals surface area contributed by atoms with Crippen molar-refractivity contribution in [2.75, 3.05) is 18.1 Å². The zero-order chi connectivity index (χ0) is 22.5. The summed E-state index contributed by atoms with van der Waals surface area (Å²) in [6, 6.07) is 22.2. The maximum atomic E-state index is 13.7. The molecule has 1 atom stereocenters. The predicted molar refractivity (Wildman–Crippen MR) is 124 cm³/mol. The molecule has 0 bridgehead atoms. The van der Waals surface area contributed by atoms with Crippen molar-refractivity contribution in [1.29, 1.82) is 0 Å². The Bertz CT molecular complexity index is 1130. The summed E-state index contributed by atoms with van der Waals surface area (Å²) in [7, 11) is 0. The van der Waals surface area contributed by atoms with E-state index in [1.165, 1.54) is 6.92 Å². The molecule has 3 aromatic rings. The predicted octanol–water partition coefficient (Wildman–Crippen LogP) is 4.59. The number of hydrogen-bond acceptors (Lipinski definition) is 4. The van der Waals surface area contributed by atoms with E-state index in [1.807, 2.05) is 67.6 Å². The van der Waals surface area contributed by atoms with E-state index in [2.05, 4.69) is 5.32 Å². The minimum atomic E-state index is -0.183. The standard InChI is InChI=1S/C26H26N2O4/c1-3-31-24-14-8-9-15-25(24)32-23-13-7-5-11-21(23)26(30)28-17-20(27-18(2)29)16-19-10-4-6-12-22(19)28/h4-15,20H,3,16-17H2,1-2H3,(H,27,29). The number of carbonyl (C=O) groups is 2. The van der Waals surface area contributed by atoms with Crippen molar-refractivity contribution < 1.29 is 19.1 Å². The van der Waals surface area contributed by atoms with Crippen molar-refractivity contribution in [3.05, 3.63) is 83.9 Å². The molecule has 1 N–H and O–H groups in total. The number of benzene rings is 3. The third-order valence-electron chi connectivity index (χ3n) is 5.29. The Morgan fingerprint density at radius 1 is 0.938 bits per heavy atom. The maximum absolute atomic E-state index is 13.7. The van der Waals surface area contributed by atoms with Gasteiger partial charge in [-0.2, -0.15) is 0 Å². The molecule has 0 spiro atoms. The molecule has 4 rings (SSSR count). The molecule has 0 radical (unpaired) electrons. The lowest BCUT2D eigenvalue weighted by Gasteiger charge is -2.35. The lowest BCUT2D eigenvalue weighted by Crippen LogP contribution is -2.49. The zero-order valence-corrected chi connectivity index (χ0v) is 18.2. The van der Waals surface area contributed by atoms with Crippen LogP contribution in [-0.2, 0) is 11.2 Å². The lowest BCUT2D eigenvalue weighted by molar-refractivity contribution is -0.119. The number of carbonyl (C=O) groups excluding carboxylic acids is 2. The number of amides is 2. The Labute approximate surface area is 187 Å². The fourth-order valence-corrected chi connectivity index (χ4v) is 3.98. The Balaban J connectivity index is 1.68. The second kappa shape index (κ2) is 9.56. The molecular weight excluding hydrogens is 404 g/mol. The van der Waals surface area contributed by atoms with Gasteiger partial charge in [-0.25, -0.2) is 0 Å². The van der Waals surface area contributed by atoms with Gasteiger partial charge in [0.25, 0.3) is 5.91 Å². The van der Waals surface area contributed by atoms with E-state index in [9.17, 15) is 9.59 Å². The van der Waals surface area contributed by atoms with Crippen molar-refractivity contribution in [2.45, 2.75) is 26.3 Å². The average molecular weight is 431 g/mol. The molecule has 0 aromatic heterocycles. The highest BCUT2D eigenvalue weighted by atomic mass is 16.5. The molecule has 6 nitrogen and oxygen atoms in total. The summed E-state index contributed by atoms with van der Waals surface area (Å²) >= 11 is 0. The molecule has 164 valence electrons. The summed E-state index contributed by atoms with van der Waals surface area (Å²) in [5, 5.41) is 2.95. The SMILES string of the molecule is CCOc1ccccc1Oc1ccccc1C(=O)N1CC(NC(C)=O)Cc2ccccc21. The van der Waals surface area contributed by atoms with Crippen LogP contribution in [0, 0.1) is 0 Å². The summed E-state index contributed by atoms with van der Waals surface area (Å²) in [5.41, 5.74) is 2.31. The third kappa shape index (κ3) is 4.59. The van der Waals surface area contributed by atoms with E-state index in [0.29, 0.717) is 42.4 Å². The van der Waals surface area contributed by atoms with E-state index >= 15 is 0 Å². The van der Waals surface area contributed by atoms with E-state index < -0.39 is 0 Å². The summed E-state index contributed by atoms with van der Waals surface area (Å²) in [6.45, 7) is 4.30. The van der Waals surface area contributed by atoms with E-state index in [0.717, 1.165) is 11.3 Å². The first-order valence-electron chi connectivity index (χ1n) is 10.7. The molecule has 32 heavy (non-hydrogen) atoms. The number of nitrogens with zero attached hydrogens (tertiary/aromatic N) is 1. The number of fused-ring (bicyclic) bond motifs is 1. The van der Waals surface area contributed by atoms with Crippen LogP contribution in [0.25, 0.3) is 0 Å². The number of para-hydroxylation sites is 4. The number of nitrogens with one attached hydrogen (secondary N) is 1. The Hall–Kier alpha value is -3.80. The first-order valence-corrected chi connectivity index (χ1v) is 10.7. The molecular formula is C26H26N2O4. The summed E-state index contributed by atoms with van der Waals surface area (Å²) < 4.78 is 11.8. The van der Waals surface area contributed by atoms with Gasteiger partial charge in [0.15, 0.2) is 11.5 Å². The van der Waals surface area contributed by atoms with E-state index in [4.69, 9.17) is 9.47 Å². The number of anilines is 1. The van der Waals surface area contributed by atoms with Gasteiger partial charge in [0, 0.05) is 19.2 Å². The molecule has 1 aliphatic rings. The smallest absolute Gasteiger partial charge is 0.262 e. The normalized spacial score (nSPS) is 14.9. The van der Waals surface area contributed by atoms with Gasteiger partial charge in [0.2, 0.25) is 5.91 Å². The maximum Gasteiger partial charge on any atom is 0.262 e. The van der Waals surface area contributed by atoms with Crippen LogP contribution in [0.2, 0.25) is 0 Å². The van der Waals surface area contributed by atoms with Crippen LogP contribution in [-0.4, -0.2) is 31.0 Å². The fourth-order valence-electron chi connectivity index (χ4n) is 3.98. The summed E-state index contributed by atoms with van der Waals surface area (Å²) in [6.07, 6.45) is 0.680. The highest BCUT2D eigenvalue weighted by molar-refractivity contribution is 6.08. The van der Waals surface area contributed by atoms with Gasteiger partial charge in [-0.3, -0.25) is 9.59 Å². The van der Waals surface area contributed by atoms with Crippen LogP contribution < -0.4 is 19.7 Å². The molecule has 6 heteroatoms.